The van der Waals surface area contributed by atoms with Crippen LogP contribution in [0.15, 0.2) is 66.9 Å². The van der Waals surface area contributed by atoms with Crippen molar-refractivity contribution >= 4 is 57.8 Å². The molecule has 0 spiro atoms. The van der Waals surface area contributed by atoms with Gasteiger partial charge in [0.05, 0.1) is 45.6 Å². The van der Waals surface area contributed by atoms with E-state index in [4.69, 9.17) is 51.8 Å². The summed E-state index contributed by atoms with van der Waals surface area (Å²) < 4.78 is 7.49. The molecule has 5 nitrogen and oxygen atoms in total. The van der Waals surface area contributed by atoms with Gasteiger partial charge in [-0.05, 0) is 80.2 Å². The third-order valence-corrected chi connectivity index (χ3v) is 7.89. The maximum atomic E-state index is 6.63. The van der Waals surface area contributed by atoms with Crippen LogP contribution in [0.2, 0.25) is 15.1 Å². The van der Waals surface area contributed by atoms with Gasteiger partial charge in [0.1, 0.15) is 5.75 Å². The van der Waals surface area contributed by atoms with E-state index in [2.05, 4.69) is 39.7 Å². The first-order valence-corrected chi connectivity index (χ1v) is 12.8. The van der Waals surface area contributed by atoms with Crippen LogP contribution in [-0.4, -0.2) is 21.8 Å². The number of nitrogens with zero attached hydrogens (tertiary/aromatic N) is 3. The number of rotatable bonds is 5. The Morgan fingerprint density at radius 2 is 1.78 bits per heavy atom. The average Bonchev–Trinajstić information content (AvgIpc) is 3.36. The summed E-state index contributed by atoms with van der Waals surface area (Å²) in [7, 11) is 1.60. The van der Waals surface area contributed by atoms with Crippen LogP contribution in [0.5, 0.6) is 5.75 Å². The standard InChI is InChI=1S/C27H23Cl3N4OS/c1-15-13-18(16(2)33(15)22-9-6-7-19(28)24(22)30)26-25(21-8-4-5-12-31-21)32-27(36)34(26)17-10-11-23(35-3)20(29)14-17/h4-14,25-26H,1-3H3,(H,32,36)/t25-,26+/m0/s1. The van der Waals surface area contributed by atoms with Gasteiger partial charge >= 0.3 is 0 Å². The zero-order chi connectivity index (χ0) is 25.6. The first kappa shape index (κ1) is 24.9. The molecule has 5 rings (SSSR count). The highest BCUT2D eigenvalue weighted by molar-refractivity contribution is 7.80. The Morgan fingerprint density at radius 1 is 0.972 bits per heavy atom. The van der Waals surface area contributed by atoms with Crippen molar-refractivity contribution in [2.24, 2.45) is 0 Å². The van der Waals surface area contributed by atoms with Crippen LogP contribution in [0.3, 0.4) is 0 Å². The fourth-order valence-corrected chi connectivity index (χ4v) is 5.85. The molecule has 0 amide bonds. The molecule has 0 unspecified atom stereocenters. The fourth-order valence-electron chi connectivity index (χ4n) is 4.88. The second-order valence-electron chi connectivity index (χ2n) is 8.55. The fraction of sp³-hybridized carbons (Fsp3) is 0.185. The first-order chi connectivity index (χ1) is 17.3. The Balaban J connectivity index is 1.70. The largest absolute Gasteiger partial charge is 0.495 e. The van der Waals surface area contributed by atoms with Gasteiger partial charge in [0.2, 0.25) is 0 Å². The number of nitrogens with one attached hydrogen (secondary N) is 1. The normalized spacial score (nSPS) is 17.4. The second-order valence-corrected chi connectivity index (χ2v) is 10.1. The summed E-state index contributed by atoms with van der Waals surface area (Å²) in [5.74, 6) is 0.602. The Labute approximate surface area is 230 Å². The third-order valence-electron chi connectivity index (χ3n) is 6.47. The lowest BCUT2D eigenvalue weighted by Gasteiger charge is -2.28. The van der Waals surface area contributed by atoms with E-state index in [9.17, 15) is 0 Å². The molecule has 1 aliphatic heterocycles. The maximum absolute atomic E-state index is 6.63. The lowest BCUT2D eigenvalue weighted by atomic mass is 9.96. The number of hydrogen-bond acceptors (Lipinski definition) is 3. The molecule has 9 heteroatoms. The molecule has 0 bridgehead atoms. The van der Waals surface area contributed by atoms with Crippen molar-refractivity contribution in [3.63, 3.8) is 0 Å². The van der Waals surface area contributed by atoms with Crippen LogP contribution in [0.25, 0.3) is 5.69 Å². The van der Waals surface area contributed by atoms with Crippen molar-refractivity contribution in [2.75, 3.05) is 12.0 Å². The van der Waals surface area contributed by atoms with Gasteiger partial charge in [-0.1, -0.05) is 46.9 Å². The molecule has 2 aromatic heterocycles. The van der Waals surface area contributed by atoms with Crippen molar-refractivity contribution < 1.29 is 4.74 Å². The van der Waals surface area contributed by atoms with Gasteiger partial charge in [-0.25, -0.2) is 0 Å². The summed E-state index contributed by atoms with van der Waals surface area (Å²) in [5, 5.41) is 5.60. The predicted molar refractivity (Wildman–Crippen MR) is 151 cm³/mol. The first-order valence-electron chi connectivity index (χ1n) is 11.3. The van der Waals surface area contributed by atoms with Crippen molar-refractivity contribution in [2.45, 2.75) is 25.9 Å². The molecule has 1 N–H and O–H groups in total. The Morgan fingerprint density at radius 3 is 2.47 bits per heavy atom. The van der Waals surface area contributed by atoms with Crippen LogP contribution >= 0.6 is 47.0 Å². The number of anilines is 1. The van der Waals surface area contributed by atoms with Crippen LogP contribution in [0.1, 0.15) is 34.7 Å². The van der Waals surface area contributed by atoms with E-state index in [1.54, 1.807) is 19.4 Å². The molecule has 3 heterocycles. The van der Waals surface area contributed by atoms with E-state index in [1.165, 1.54) is 0 Å². The van der Waals surface area contributed by atoms with Gasteiger partial charge < -0.3 is 19.5 Å². The summed E-state index contributed by atoms with van der Waals surface area (Å²) in [5.41, 5.74) is 5.70. The molecule has 184 valence electrons. The van der Waals surface area contributed by atoms with Gasteiger partial charge in [0, 0.05) is 23.3 Å². The SMILES string of the molecule is COc1ccc(N2C(=S)N[C@@H](c3ccccn3)[C@H]2c2cc(C)n(-c3cccc(Cl)c3Cl)c2C)cc1Cl. The summed E-state index contributed by atoms with van der Waals surface area (Å²) in [6, 6.07) is 19.0. The molecular formula is C27H23Cl3N4OS. The van der Waals surface area contributed by atoms with E-state index in [0.717, 1.165) is 34.0 Å². The van der Waals surface area contributed by atoms with E-state index < -0.39 is 0 Å². The van der Waals surface area contributed by atoms with E-state index >= 15 is 0 Å². The Bertz CT molecular complexity index is 1460. The summed E-state index contributed by atoms with van der Waals surface area (Å²) in [4.78, 5) is 6.74. The molecule has 36 heavy (non-hydrogen) atoms. The zero-order valence-electron chi connectivity index (χ0n) is 19.8. The van der Waals surface area contributed by atoms with Crippen molar-refractivity contribution in [1.82, 2.24) is 14.9 Å². The van der Waals surface area contributed by atoms with Crippen molar-refractivity contribution in [3.05, 3.63) is 105 Å². The summed E-state index contributed by atoms with van der Waals surface area (Å²) in [6.07, 6.45) is 1.79. The van der Waals surface area contributed by atoms with Gasteiger partial charge in [0.25, 0.3) is 0 Å². The minimum atomic E-state index is -0.199. The monoisotopic (exact) mass is 556 g/mol. The number of pyridine rings is 1. The molecule has 2 aromatic carbocycles. The number of benzene rings is 2. The van der Waals surface area contributed by atoms with E-state index in [0.29, 0.717) is 25.9 Å². The molecular weight excluding hydrogens is 535 g/mol. The number of hydrogen-bond donors (Lipinski definition) is 1. The highest BCUT2D eigenvalue weighted by atomic mass is 35.5. The summed E-state index contributed by atoms with van der Waals surface area (Å²) >= 11 is 25.4. The topological polar surface area (TPSA) is 42.3 Å². The molecule has 0 radical (unpaired) electrons. The number of methoxy groups -OCH3 is 1. The molecule has 4 aromatic rings. The number of halogens is 3. The van der Waals surface area contributed by atoms with Crippen LogP contribution in [0, 0.1) is 13.8 Å². The maximum Gasteiger partial charge on any atom is 0.174 e. The smallest absolute Gasteiger partial charge is 0.174 e. The van der Waals surface area contributed by atoms with Crippen molar-refractivity contribution in [3.8, 4) is 11.4 Å². The summed E-state index contributed by atoms with van der Waals surface area (Å²) in [6.45, 7) is 4.13. The molecule has 1 aliphatic rings. The van der Waals surface area contributed by atoms with E-state index in [-0.39, 0.29) is 12.1 Å². The number of thiocarbonyl (C=S) groups is 1. The minimum absolute atomic E-state index is 0.191. The van der Waals surface area contributed by atoms with Crippen LogP contribution in [0.4, 0.5) is 5.69 Å². The molecule has 0 saturated carbocycles. The second kappa shape index (κ2) is 9.94. The molecule has 1 fully saturated rings. The molecule has 2 atom stereocenters. The average molecular weight is 558 g/mol. The van der Waals surface area contributed by atoms with Crippen molar-refractivity contribution in [1.29, 1.82) is 0 Å². The lowest BCUT2D eigenvalue weighted by molar-refractivity contribution is 0.415. The van der Waals surface area contributed by atoms with Gasteiger partial charge in [-0.3, -0.25) is 4.98 Å². The highest BCUT2D eigenvalue weighted by Crippen LogP contribution is 2.45. The predicted octanol–water partition coefficient (Wildman–Crippen LogP) is 7.64. The Kier molecular flexibility index (Phi) is 6.88. The minimum Gasteiger partial charge on any atom is -0.495 e. The third kappa shape index (κ3) is 4.22. The van der Waals surface area contributed by atoms with Gasteiger partial charge in [0.15, 0.2) is 5.11 Å². The Hall–Kier alpha value is -2.77. The molecule has 0 aliphatic carbocycles. The highest BCUT2D eigenvalue weighted by Gasteiger charge is 2.42. The van der Waals surface area contributed by atoms with Gasteiger partial charge in [-0.2, -0.15) is 0 Å². The van der Waals surface area contributed by atoms with E-state index in [1.807, 2.05) is 48.5 Å². The quantitative estimate of drug-likeness (QED) is 0.256. The zero-order valence-corrected chi connectivity index (χ0v) is 22.9. The van der Waals surface area contributed by atoms with Crippen LogP contribution < -0.4 is 15.0 Å². The number of ether oxygens (including phenoxy) is 1. The lowest BCUT2D eigenvalue weighted by Crippen LogP contribution is -2.29. The molecule has 1 saturated heterocycles. The van der Waals surface area contributed by atoms with Gasteiger partial charge in [-0.15, -0.1) is 0 Å². The number of aromatic nitrogens is 2. The van der Waals surface area contributed by atoms with Crippen LogP contribution in [-0.2, 0) is 0 Å². The number of aryl methyl sites for hydroxylation is 1.